The lowest BCUT2D eigenvalue weighted by molar-refractivity contribution is -0.00658. The van der Waals surface area contributed by atoms with Crippen molar-refractivity contribution in [1.82, 2.24) is 54.5 Å². The van der Waals surface area contributed by atoms with E-state index in [-0.39, 0.29) is 12.2 Å². The Morgan fingerprint density at radius 2 is 1.74 bits per heavy atom. The number of rotatable bonds is 7. The van der Waals surface area contributed by atoms with Gasteiger partial charge in [-0.3, -0.25) is 9.58 Å². The third kappa shape index (κ3) is 6.72. The highest BCUT2D eigenvalue weighted by Gasteiger charge is 2.35. The SMILES string of the molecule is Cn1cc(-c2cnc3c(nnn3C[C@@H]3CN(c4ncc(N5CCN(CC6CN(C(=O)OC(C)(C)C)C6)CC5)cn4)CCO3)n2)cn1. The zero-order valence-corrected chi connectivity index (χ0v) is 26.9. The van der Waals surface area contributed by atoms with Crippen molar-refractivity contribution in [3.8, 4) is 11.3 Å². The average molecular weight is 632 g/mol. The van der Waals surface area contributed by atoms with E-state index in [1.165, 1.54) is 0 Å². The number of ether oxygens (including phenoxy) is 2. The summed E-state index contributed by atoms with van der Waals surface area (Å²) in [4.78, 5) is 39.7. The first-order valence-electron chi connectivity index (χ1n) is 15.9. The lowest BCUT2D eigenvalue weighted by Crippen LogP contribution is -2.57. The van der Waals surface area contributed by atoms with E-state index in [2.05, 4.69) is 40.1 Å². The fraction of sp³-hybridized carbons (Fsp3) is 0.600. The minimum absolute atomic E-state index is 0.123. The van der Waals surface area contributed by atoms with E-state index < -0.39 is 5.60 Å². The van der Waals surface area contributed by atoms with Gasteiger partial charge in [0.15, 0.2) is 5.65 Å². The number of nitrogens with zero attached hydrogens (tertiary/aromatic N) is 13. The minimum Gasteiger partial charge on any atom is -0.444 e. The molecule has 3 aliphatic heterocycles. The van der Waals surface area contributed by atoms with E-state index in [0.29, 0.717) is 55.1 Å². The number of morpholine rings is 1. The zero-order chi connectivity index (χ0) is 31.8. The number of anilines is 2. The second-order valence-electron chi connectivity index (χ2n) is 13.3. The molecule has 16 heteroatoms. The molecule has 7 heterocycles. The molecule has 1 atom stereocenters. The Morgan fingerprint density at radius 3 is 2.46 bits per heavy atom. The van der Waals surface area contributed by atoms with E-state index >= 15 is 0 Å². The summed E-state index contributed by atoms with van der Waals surface area (Å²) in [5, 5.41) is 12.8. The maximum atomic E-state index is 12.2. The van der Waals surface area contributed by atoms with Crippen molar-refractivity contribution in [1.29, 1.82) is 0 Å². The van der Waals surface area contributed by atoms with Crippen LogP contribution in [0.5, 0.6) is 0 Å². The fourth-order valence-electron chi connectivity index (χ4n) is 6.14. The van der Waals surface area contributed by atoms with Gasteiger partial charge in [0, 0.05) is 83.6 Å². The summed E-state index contributed by atoms with van der Waals surface area (Å²) in [5.41, 5.74) is 3.27. The third-order valence-electron chi connectivity index (χ3n) is 8.51. The lowest BCUT2D eigenvalue weighted by Gasteiger charge is -2.43. The van der Waals surface area contributed by atoms with Crippen molar-refractivity contribution in [2.75, 3.05) is 75.3 Å². The summed E-state index contributed by atoms with van der Waals surface area (Å²) < 4.78 is 15.0. The molecule has 3 fully saturated rings. The number of amides is 1. The Bertz CT molecular complexity index is 1650. The van der Waals surface area contributed by atoms with Crippen molar-refractivity contribution in [3.63, 3.8) is 0 Å². The molecule has 4 aromatic heterocycles. The number of aryl methyl sites for hydroxylation is 1. The number of aromatic nitrogens is 9. The van der Waals surface area contributed by atoms with Gasteiger partial charge >= 0.3 is 6.09 Å². The molecule has 16 nitrogen and oxygen atoms in total. The maximum Gasteiger partial charge on any atom is 0.410 e. The summed E-state index contributed by atoms with van der Waals surface area (Å²) in [5.74, 6) is 1.19. The summed E-state index contributed by atoms with van der Waals surface area (Å²) in [6.45, 7) is 14.4. The lowest BCUT2D eigenvalue weighted by atomic mass is 10.00. The van der Waals surface area contributed by atoms with Gasteiger partial charge in [0.25, 0.3) is 0 Å². The molecule has 3 aliphatic rings. The van der Waals surface area contributed by atoms with Crippen LogP contribution in [0.25, 0.3) is 22.6 Å². The van der Waals surface area contributed by atoms with Crippen LogP contribution in [-0.2, 0) is 23.1 Å². The molecular formula is C30H41N13O3. The number of hydrogen-bond donors (Lipinski definition) is 0. The molecule has 46 heavy (non-hydrogen) atoms. The minimum atomic E-state index is -0.456. The van der Waals surface area contributed by atoms with E-state index in [0.717, 1.165) is 57.1 Å². The van der Waals surface area contributed by atoms with E-state index in [1.54, 1.807) is 26.7 Å². The Labute approximate surface area is 267 Å². The average Bonchev–Trinajstić information content (AvgIpc) is 3.64. The van der Waals surface area contributed by atoms with Gasteiger partial charge in [-0.1, -0.05) is 5.21 Å². The molecule has 0 bridgehead atoms. The predicted molar refractivity (Wildman–Crippen MR) is 169 cm³/mol. The molecule has 244 valence electrons. The molecule has 1 amide bonds. The highest BCUT2D eigenvalue weighted by molar-refractivity contribution is 5.70. The van der Waals surface area contributed by atoms with Gasteiger partial charge in [-0.15, -0.1) is 5.10 Å². The monoisotopic (exact) mass is 631 g/mol. The standard InChI is InChI=1S/C30H41N13O3/c1-30(2,3)46-29(44)42-16-21(17-42)15-39-5-7-40(8-6-39)23-12-32-28(33-13-23)41-9-10-45-24(19-41)20-43-27-26(36-37-43)35-25(14-31-27)22-11-34-38(4)18-22/h11-14,18,21,24H,5-10,15-17,19-20H2,1-4H3/t24-/m0/s1. The molecule has 0 N–H and O–H groups in total. The zero-order valence-electron chi connectivity index (χ0n) is 26.9. The number of fused-ring (bicyclic) bond motifs is 1. The fourth-order valence-corrected chi connectivity index (χ4v) is 6.14. The quantitative estimate of drug-likeness (QED) is 0.289. The molecule has 0 aliphatic carbocycles. The second-order valence-corrected chi connectivity index (χ2v) is 13.3. The summed E-state index contributed by atoms with van der Waals surface area (Å²) >= 11 is 0. The van der Waals surface area contributed by atoms with E-state index in [1.807, 2.05) is 46.4 Å². The van der Waals surface area contributed by atoms with Crippen molar-refractivity contribution >= 4 is 29.0 Å². The van der Waals surface area contributed by atoms with Gasteiger partial charge in [-0.25, -0.2) is 29.4 Å². The van der Waals surface area contributed by atoms with Crippen LogP contribution in [0.2, 0.25) is 0 Å². The van der Waals surface area contributed by atoms with Crippen LogP contribution < -0.4 is 9.80 Å². The molecule has 0 radical (unpaired) electrons. The topological polar surface area (TPSA) is 149 Å². The first-order valence-corrected chi connectivity index (χ1v) is 15.9. The molecule has 0 unspecified atom stereocenters. The molecule has 7 rings (SSSR count). The van der Waals surface area contributed by atoms with Gasteiger partial charge in [0.2, 0.25) is 11.6 Å². The first kappa shape index (κ1) is 30.2. The second kappa shape index (κ2) is 12.4. The molecule has 0 aromatic carbocycles. The van der Waals surface area contributed by atoms with E-state index in [9.17, 15) is 4.79 Å². The van der Waals surface area contributed by atoms with Crippen LogP contribution in [-0.4, -0.2) is 138 Å². The highest BCUT2D eigenvalue weighted by atomic mass is 16.6. The molecule has 4 aromatic rings. The molecule has 0 spiro atoms. The van der Waals surface area contributed by atoms with Crippen LogP contribution in [0.4, 0.5) is 16.4 Å². The summed E-state index contributed by atoms with van der Waals surface area (Å²) in [6.07, 6.45) is 8.88. The van der Waals surface area contributed by atoms with Crippen LogP contribution in [0.3, 0.4) is 0 Å². The number of likely N-dealkylation sites (tertiary alicyclic amines) is 1. The number of carbonyl (C=O) groups excluding carboxylic acids is 1. The van der Waals surface area contributed by atoms with E-state index in [4.69, 9.17) is 19.4 Å². The van der Waals surface area contributed by atoms with Crippen LogP contribution in [0.1, 0.15) is 20.8 Å². The smallest absolute Gasteiger partial charge is 0.410 e. The van der Waals surface area contributed by atoms with Crippen molar-refractivity contribution in [3.05, 3.63) is 31.0 Å². The molecular weight excluding hydrogens is 590 g/mol. The molecule has 3 saturated heterocycles. The van der Waals surface area contributed by atoms with Crippen molar-refractivity contribution in [2.45, 2.75) is 39.0 Å². The van der Waals surface area contributed by atoms with Gasteiger partial charge < -0.3 is 24.2 Å². The number of piperazine rings is 1. The van der Waals surface area contributed by atoms with Gasteiger partial charge in [0.1, 0.15) is 5.60 Å². The van der Waals surface area contributed by atoms with Gasteiger partial charge in [-0.2, -0.15) is 5.10 Å². The maximum absolute atomic E-state index is 12.2. The van der Waals surface area contributed by atoms with Crippen LogP contribution in [0.15, 0.2) is 31.0 Å². The number of carbonyl (C=O) groups is 1. The first-order chi connectivity index (χ1) is 22.2. The summed E-state index contributed by atoms with van der Waals surface area (Å²) in [6, 6.07) is 0. The van der Waals surface area contributed by atoms with Crippen molar-refractivity contribution in [2.24, 2.45) is 13.0 Å². The Morgan fingerprint density at radius 1 is 0.957 bits per heavy atom. The predicted octanol–water partition coefficient (Wildman–Crippen LogP) is 1.31. The Balaban J connectivity index is 0.885. The summed E-state index contributed by atoms with van der Waals surface area (Å²) in [7, 11) is 1.86. The van der Waals surface area contributed by atoms with Gasteiger partial charge in [-0.05, 0) is 20.8 Å². The van der Waals surface area contributed by atoms with Gasteiger partial charge in [0.05, 0.1) is 55.4 Å². The molecule has 0 saturated carbocycles. The Hall–Kier alpha value is -4.44. The normalized spacial score (nSPS) is 19.9. The van der Waals surface area contributed by atoms with Crippen LogP contribution >= 0.6 is 0 Å². The van der Waals surface area contributed by atoms with Crippen LogP contribution in [0, 0.1) is 5.92 Å². The number of hydrogen-bond acceptors (Lipinski definition) is 13. The third-order valence-corrected chi connectivity index (χ3v) is 8.51. The van der Waals surface area contributed by atoms with Crippen molar-refractivity contribution < 1.29 is 14.3 Å². The highest BCUT2D eigenvalue weighted by Crippen LogP contribution is 2.23. The largest absolute Gasteiger partial charge is 0.444 e. The Kier molecular flexibility index (Phi) is 8.15.